The first-order valence-electron chi connectivity index (χ1n) is 11.5. The van der Waals surface area contributed by atoms with E-state index in [-0.39, 0.29) is 49.2 Å². The van der Waals surface area contributed by atoms with E-state index in [0.717, 1.165) is 11.1 Å². The predicted molar refractivity (Wildman–Crippen MR) is 127 cm³/mol. The summed E-state index contributed by atoms with van der Waals surface area (Å²) < 4.78 is 44.0. The van der Waals surface area contributed by atoms with Gasteiger partial charge in [-0.2, -0.15) is 13.2 Å². The molecule has 1 aromatic carbocycles. The monoisotopic (exact) mass is 489 g/mol. The first-order chi connectivity index (χ1) is 16.7. The van der Waals surface area contributed by atoms with Gasteiger partial charge in [-0.3, -0.25) is 9.59 Å². The number of ether oxygens (including phenoxy) is 1. The van der Waals surface area contributed by atoms with Crippen LogP contribution in [0.3, 0.4) is 0 Å². The normalized spacial score (nSPS) is 18.3. The first kappa shape index (κ1) is 26.2. The molecule has 188 valence electrons. The molecule has 0 radical (unpaired) electrons. The Bertz CT molecular complexity index is 1060. The molecule has 1 aromatic heterocycles. The van der Waals surface area contributed by atoms with Gasteiger partial charge >= 0.3 is 6.18 Å². The third-order valence-corrected chi connectivity index (χ3v) is 6.22. The molecular formula is C26H30F3N3O3. The number of carbonyl (C=O) groups is 2. The Morgan fingerprint density at radius 2 is 1.86 bits per heavy atom. The molecule has 0 aliphatic heterocycles. The van der Waals surface area contributed by atoms with Crippen molar-refractivity contribution in [3.63, 3.8) is 0 Å². The lowest BCUT2D eigenvalue weighted by Gasteiger charge is -2.28. The third-order valence-electron chi connectivity index (χ3n) is 6.22. The van der Waals surface area contributed by atoms with Crippen molar-refractivity contribution in [1.82, 2.24) is 15.6 Å². The molecule has 1 aliphatic rings. The van der Waals surface area contributed by atoms with Gasteiger partial charge in [-0.15, -0.1) is 0 Å². The van der Waals surface area contributed by atoms with Crippen molar-refractivity contribution in [2.24, 2.45) is 11.8 Å². The number of allylic oxidation sites excluding steroid dienone is 1. The average Bonchev–Trinajstić information content (AvgIpc) is 2.85. The molecule has 0 bridgehead atoms. The van der Waals surface area contributed by atoms with Crippen molar-refractivity contribution < 1.29 is 27.5 Å². The first-order valence-corrected chi connectivity index (χ1v) is 11.5. The van der Waals surface area contributed by atoms with Gasteiger partial charge in [0.2, 0.25) is 5.91 Å². The average molecular weight is 490 g/mol. The summed E-state index contributed by atoms with van der Waals surface area (Å²) in [5, 5.41) is 5.41. The summed E-state index contributed by atoms with van der Waals surface area (Å²) in [6.07, 6.45) is 2.47. The zero-order chi connectivity index (χ0) is 25.4. The topological polar surface area (TPSA) is 80.3 Å². The molecule has 1 aliphatic carbocycles. The molecular weight excluding hydrogens is 459 g/mol. The number of carbonyl (C=O) groups excluding carboxylic acids is 2. The number of hydrogen-bond acceptors (Lipinski definition) is 4. The van der Waals surface area contributed by atoms with Gasteiger partial charge in [0.15, 0.2) is 0 Å². The number of aromatic nitrogens is 1. The maximum Gasteiger partial charge on any atom is 0.391 e. The van der Waals surface area contributed by atoms with Crippen molar-refractivity contribution in [3.05, 3.63) is 65.0 Å². The van der Waals surface area contributed by atoms with Crippen LogP contribution in [0.5, 0.6) is 5.75 Å². The molecule has 3 rings (SSSR count). The van der Waals surface area contributed by atoms with Gasteiger partial charge in [0.1, 0.15) is 11.4 Å². The summed E-state index contributed by atoms with van der Waals surface area (Å²) >= 11 is 0. The van der Waals surface area contributed by atoms with E-state index >= 15 is 0 Å². The minimum Gasteiger partial charge on any atom is -0.495 e. The van der Waals surface area contributed by atoms with Gasteiger partial charge in [-0.05, 0) is 48.8 Å². The lowest BCUT2D eigenvalue weighted by atomic mass is 9.81. The zero-order valence-electron chi connectivity index (χ0n) is 19.8. The largest absolute Gasteiger partial charge is 0.495 e. The standard InChI is InChI=1S/C26H30F3N3O3/c1-30-24(33)13-18-4-3-5-19(12-18)15-32-25(34)22-14-20(23(35-2)16-31-22)9-6-17-7-10-21(11-8-17)26(27,28)29/h3-6,9,12,14,16-17,21H,7-8,10-11,13,15H2,1-2H3,(H,30,33)(H,32,34). The Morgan fingerprint density at radius 3 is 2.51 bits per heavy atom. The van der Waals surface area contributed by atoms with Crippen LogP contribution >= 0.6 is 0 Å². The van der Waals surface area contributed by atoms with Crippen LogP contribution in [0.4, 0.5) is 13.2 Å². The van der Waals surface area contributed by atoms with Crippen LogP contribution in [-0.2, 0) is 17.8 Å². The SMILES string of the molecule is CNC(=O)Cc1cccc(CNC(=O)c2cc(C=CC3CCC(C(F)(F)F)CC3)c(OC)cn2)c1. The molecule has 35 heavy (non-hydrogen) atoms. The second-order valence-electron chi connectivity index (χ2n) is 8.68. The van der Waals surface area contributed by atoms with Gasteiger partial charge in [-0.25, -0.2) is 4.98 Å². The number of benzene rings is 1. The number of nitrogens with one attached hydrogen (secondary N) is 2. The van der Waals surface area contributed by atoms with Crippen LogP contribution in [0.2, 0.25) is 0 Å². The highest BCUT2D eigenvalue weighted by Crippen LogP contribution is 2.40. The Hall–Kier alpha value is -3.36. The minimum atomic E-state index is -4.13. The molecule has 6 nitrogen and oxygen atoms in total. The van der Waals surface area contributed by atoms with Crippen LogP contribution in [0.1, 0.15) is 52.9 Å². The fourth-order valence-electron chi connectivity index (χ4n) is 4.16. The molecule has 1 heterocycles. The summed E-state index contributed by atoms with van der Waals surface area (Å²) in [6, 6.07) is 9.00. The molecule has 9 heteroatoms. The lowest BCUT2D eigenvalue weighted by molar-refractivity contribution is -0.183. The molecule has 2 N–H and O–H groups in total. The highest BCUT2D eigenvalue weighted by molar-refractivity contribution is 5.93. The number of alkyl halides is 3. The molecule has 2 aromatic rings. The lowest BCUT2D eigenvalue weighted by Crippen LogP contribution is -2.27. The van der Waals surface area contributed by atoms with E-state index in [0.29, 0.717) is 24.2 Å². The van der Waals surface area contributed by atoms with Crippen molar-refractivity contribution in [2.45, 2.75) is 44.8 Å². The molecule has 0 spiro atoms. The molecule has 0 saturated heterocycles. The van der Waals surface area contributed by atoms with Crippen molar-refractivity contribution in [3.8, 4) is 5.75 Å². The summed E-state index contributed by atoms with van der Waals surface area (Å²) in [5.74, 6) is -1.16. The van der Waals surface area contributed by atoms with Gasteiger partial charge in [0, 0.05) is 19.2 Å². The van der Waals surface area contributed by atoms with Gasteiger partial charge in [-0.1, -0.05) is 36.4 Å². The molecule has 0 atom stereocenters. The van der Waals surface area contributed by atoms with E-state index in [4.69, 9.17) is 4.74 Å². The van der Waals surface area contributed by atoms with E-state index in [2.05, 4.69) is 15.6 Å². The fourth-order valence-corrected chi connectivity index (χ4v) is 4.16. The van der Waals surface area contributed by atoms with Gasteiger partial charge in [0.25, 0.3) is 5.91 Å². The van der Waals surface area contributed by atoms with Crippen molar-refractivity contribution >= 4 is 17.9 Å². The smallest absolute Gasteiger partial charge is 0.391 e. The third kappa shape index (κ3) is 7.56. The minimum absolute atomic E-state index is 0.0471. The summed E-state index contributed by atoms with van der Waals surface area (Å²) in [7, 11) is 3.07. The zero-order valence-corrected chi connectivity index (χ0v) is 19.8. The molecule has 0 unspecified atom stereocenters. The Kier molecular flexibility index (Phi) is 8.89. The number of halogens is 3. The van der Waals surface area contributed by atoms with Gasteiger partial charge in [0.05, 0.1) is 25.6 Å². The van der Waals surface area contributed by atoms with Crippen molar-refractivity contribution in [2.75, 3.05) is 14.2 Å². The second kappa shape index (κ2) is 11.9. The summed E-state index contributed by atoms with van der Waals surface area (Å²) in [5.41, 5.74) is 2.53. The Balaban J connectivity index is 1.63. The summed E-state index contributed by atoms with van der Waals surface area (Å²) in [6.45, 7) is 0.266. The van der Waals surface area contributed by atoms with Crippen LogP contribution in [0.25, 0.3) is 6.08 Å². The highest BCUT2D eigenvalue weighted by Gasteiger charge is 2.40. The van der Waals surface area contributed by atoms with Crippen molar-refractivity contribution in [1.29, 1.82) is 0 Å². The van der Waals surface area contributed by atoms with E-state index in [1.165, 1.54) is 13.3 Å². The van der Waals surface area contributed by atoms with Crippen LogP contribution in [0, 0.1) is 11.8 Å². The fraction of sp³-hybridized carbons (Fsp3) is 0.423. The molecule has 1 fully saturated rings. The quantitative estimate of drug-likeness (QED) is 0.564. The predicted octanol–water partition coefficient (Wildman–Crippen LogP) is 4.69. The number of rotatable bonds is 8. The molecule has 1 saturated carbocycles. The van der Waals surface area contributed by atoms with E-state index < -0.39 is 12.1 Å². The maximum atomic E-state index is 12.9. The van der Waals surface area contributed by atoms with E-state index in [1.54, 1.807) is 19.2 Å². The Labute approximate surface area is 203 Å². The molecule has 2 amide bonds. The maximum absolute atomic E-state index is 12.9. The number of nitrogens with zero attached hydrogens (tertiary/aromatic N) is 1. The number of amides is 2. The summed E-state index contributed by atoms with van der Waals surface area (Å²) in [4.78, 5) is 28.5. The van der Waals surface area contributed by atoms with Crippen LogP contribution in [-0.4, -0.2) is 37.1 Å². The number of methoxy groups -OCH3 is 1. The van der Waals surface area contributed by atoms with Gasteiger partial charge < -0.3 is 15.4 Å². The van der Waals surface area contributed by atoms with Crippen LogP contribution < -0.4 is 15.4 Å². The number of hydrogen-bond donors (Lipinski definition) is 2. The second-order valence-corrected chi connectivity index (χ2v) is 8.68. The highest BCUT2D eigenvalue weighted by atomic mass is 19.4. The van der Waals surface area contributed by atoms with E-state index in [1.807, 2.05) is 30.3 Å². The number of pyridine rings is 1. The van der Waals surface area contributed by atoms with Crippen LogP contribution in [0.15, 0.2) is 42.6 Å². The number of likely N-dealkylation sites (N-methyl/N-ethyl adjacent to an activating group) is 1. The Morgan fingerprint density at radius 1 is 1.14 bits per heavy atom. The van der Waals surface area contributed by atoms with E-state index in [9.17, 15) is 22.8 Å².